The molecule has 0 unspecified atom stereocenters. The number of carbonyl (C=O) groups excluding carboxylic acids is 1. The number of ether oxygens (including phenoxy) is 1. The third kappa shape index (κ3) is 4.39. The Balaban J connectivity index is 1.61. The molecule has 0 saturated carbocycles. The minimum Gasteiger partial charge on any atom is -0.496 e. The normalized spacial score (nSPS) is 16.1. The Morgan fingerprint density at radius 1 is 1.29 bits per heavy atom. The fourth-order valence-electron chi connectivity index (χ4n) is 3.56. The summed E-state index contributed by atoms with van der Waals surface area (Å²) in [5, 5.41) is 1.76. The molecule has 0 radical (unpaired) electrons. The Hall–Kier alpha value is -1.90. The Morgan fingerprint density at radius 3 is 2.61 bits per heavy atom. The van der Waals surface area contributed by atoms with E-state index in [-0.39, 0.29) is 11.8 Å². The van der Waals surface area contributed by atoms with Crippen molar-refractivity contribution < 1.29 is 17.9 Å². The van der Waals surface area contributed by atoms with Gasteiger partial charge in [-0.25, -0.2) is 8.42 Å². The second-order valence-corrected chi connectivity index (χ2v) is 10.2. The van der Waals surface area contributed by atoms with Crippen LogP contribution in [0.1, 0.15) is 24.0 Å². The van der Waals surface area contributed by atoms with Crippen molar-refractivity contribution >= 4 is 27.3 Å². The molecule has 1 aromatic carbocycles. The van der Waals surface area contributed by atoms with Gasteiger partial charge in [0.2, 0.25) is 5.91 Å². The zero-order valence-corrected chi connectivity index (χ0v) is 18.1. The maximum absolute atomic E-state index is 12.9. The molecule has 8 heteroatoms. The molecule has 1 aliphatic rings. The number of benzene rings is 1. The minimum atomic E-state index is -3.44. The highest BCUT2D eigenvalue weighted by molar-refractivity contribution is 7.91. The Morgan fingerprint density at radius 2 is 2.00 bits per heavy atom. The maximum atomic E-state index is 12.9. The summed E-state index contributed by atoms with van der Waals surface area (Å²) in [6.45, 7) is 3.22. The van der Waals surface area contributed by atoms with Gasteiger partial charge >= 0.3 is 0 Å². The molecule has 0 atom stereocenters. The highest BCUT2D eigenvalue weighted by Crippen LogP contribution is 2.28. The molecule has 0 N–H and O–H groups in total. The van der Waals surface area contributed by atoms with Gasteiger partial charge in [-0.15, -0.1) is 11.3 Å². The number of aryl methyl sites for hydroxylation is 1. The molecule has 152 valence electrons. The molecule has 1 saturated heterocycles. The average molecular weight is 423 g/mol. The van der Waals surface area contributed by atoms with Crippen molar-refractivity contribution in [2.75, 3.05) is 27.2 Å². The molecule has 1 fully saturated rings. The van der Waals surface area contributed by atoms with Gasteiger partial charge < -0.3 is 9.64 Å². The van der Waals surface area contributed by atoms with Crippen LogP contribution >= 0.6 is 11.3 Å². The van der Waals surface area contributed by atoms with Gasteiger partial charge in [0.15, 0.2) is 0 Å². The van der Waals surface area contributed by atoms with Crippen LogP contribution in [0, 0.1) is 12.8 Å². The van der Waals surface area contributed by atoms with Gasteiger partial charge in [-0.3, -0.25) is 4.79 Å². The van der Waals surface area contributed by atoms with E-state index >= 15 is 0 Å². The molecule has 6 nitrogen and oxygen atoms in total. The molecule has 0 spiro atoms. The van der Waals surface area contributed by atoms with Gasteiger partial charge in [0.05, 0.1) is 7.11 Å². The van der Waals surface area contributed by atoms with Crippen LogP contribution in [-0.2, 0) is 21.4 Å². The fraction of sp³-hybridized carbons (Fsp3) is 0.450. The molecule has 2 aromatic rings. The largest absolute Gasteiger partial charge is 0.496 e. The van der Waals surface area contributed by atoms with Gasteiger partial charge in [0, 0.05) is 38.2 Å². The summed E-state index contributed by atoms with van der Waals surface area (Å²) in [6, 6.07) is 9.28. The number of hydrogen-bond donors (Lipinski definition) is 0. The topological polar surface area (TPSA) is 66.9 Å². The summed E-state index contributed by atoms with van der Waals surface area (Å²) in [5.74, 6) is 0.662. The average Bonchev–Trinajstić information content (AvgIpc) is 3.23. The fourth-order valence-corrected chi connectivity index (χ4v) is 6.17. The van der Waals surface area contributed by atoms with E-state index < -0.39 is 10.0 Å². The molecule has 3 rings (SSSR count). The van der Waals surface area contributed by atoms with Crippen LogP contribution in [0.25, 0.3) is 0 Å². The predicted molar refractivity (Wildman–Crippen MR) is 110 cm³/mol. The number of hydrogen-bond acceptors (Lipinski definition) is 5. The first-order valence-electron chi connectivity index (χ1n) is 9.25. The van der Waals surface area contributed by atoms with Gasteiger partial charge in [-0.1, -0.05) is 23.8 Å². The van der Waals surface area contributed by atoms with Crippen LogP contribution in [0.4, 0.5) is 0 Å². The van der Waals surface area contributed by atoms with E-state index in [9.17, 15) is 13.2 Å². The Kier molecular flexibility index (Phi) is 6.42. The number of rotatable bonds is 6. The van der Waals surface area contributed by atoms with Crippen LogP contribution in [-0.4, -0.2) is 50.8 Å². The van der Waals surface area contributed by atoms with E-state index in [0.717, 1.165) is 16.9 Å². The van der Waals surface area contributed by atoms with E-state index in [1.165, 1.54) is 15.6 Å². The summed E-state index contributed by atoms with van der Waals surface area (Å²) in [5.41, 5.74) is 2.08. The summed E-state index contributed by atoms with van der Waals surface area (Å²) in [6.07, 6.45) is 1.08. The van der Waals surface area contributed by atoms with E-state index in [2.05, 4.69) is 0 Å². The first-order valence-corrected chi connectivity index (χ1v) is 11.6. The summed E-state index contributed by atoms with van der Waals surface area (Å²) >= 11 is 1.22. The third-order valence-corrected chi connectivity index (χ3v) is 8.38. The maximum Gasteiger partial charge on any atom is 0.252 e. The van der Waals surface area contributed by atoms with Crippen molar-refractivity contribution in [1.29, 1.82) is 0 Å². The summed E-state index contributed by atoms with van der Waals surface area (Å²) in [7, 11) is -0.0247. The van der Waals surface area contributed by atoms with E-state index in [4.69, 9.17) is 4.74 Å². The zero-order valence-electron chi connectivity index (χ0n) is 16.4. The van der Waals surface area contributed by atoms with E-state index in [1.807, 2.05) is 25.1 Å². The van der Waals surface area contributed by atoms with E-state index in [1.54, 1.807) is 36.6 Å². The molecule has 1 amide bonds. The van der Waals surface area contributed by atoms with Crippen molar-refractivity contribution in [1.82, 2.24) is 9.21 Å². The highest BCUT2D eigenvalue weighted by atomic mass is 32.2. The molecular formula is C20H26N2O4S2. The molecule has 28 heavy (non-hydrogen) atoms. The van der Waals surface area contributed by atoms with Crippen LogP contribution in [0.2, 0.25) is 0 Å². The van der Waals surface area contributed by atoms with E-state index in [0.29, 0.717) is 36.7 Å². The number of sulfonamides is 1. The van der Waals surface area contributed by atoms with Crippen molar-refractivity contribution in [3.63, 3.8) is 0 Å². The second-order valence-electron chi connectivity index (χ2n) is 7.12. The monoisotopic (exact) mass is 422 g/mol. The molecule has 1 aromatic heterocycles. The predicted octanol–water partition coefficient (Wildman–Crippen LogP) is 3.12. The first kappa shape index (κ1) is 20.8. The van der Waals surface area contributed by atoms with Crippen LogP contribution < -0.4 is 4.74 Å². The van der Waals surface area contributed by atoms with Gasteiger partial charge in [-0.2, -0.15) is 4.31 Å². The molecule has 0 aliphatic carbocycles. The molecular weight excluding hydrogens is 396 g/mol. The lowest BCUT2D eigenvalue weighted by Gasteiger charge is -2.32. The van der Waals surface area contributed by atoms with Crippen LogP contribution in [0.15, 0.2) is 39.9 Å². The van der Waals surface area contributed by atoms with Crippen molar-refractivity contribution in [3.05, 3.63) is 46.8 Å². The van der Waals surface area contributed by atoms with Crippen molar-refractivity contribution in [2.45, 2.75) is 30.5 Å². The zero-order chi connectivity index (χ0) is 20.3. The smallest absolute Gasteiger partial charge is 0.252 e. The lowest BCUT2D eigenvalue weighted by atomic mass is 9.96. The molecule has 0 bridgehead atoms. The van der Waals surface area contributed by atoms with Gasteiger partial charge in [0.1, 0.15) is 9.96 Å². The number of thiophene rings is 1. The lowest BCUT2D eigenvalue weighted by Crippen LogP contribution is -2.43. The standard InChI is InChI=1S/C20H26N2O4S2/c1-15-6-7-18(26-3)17(13-15)14-21(2)20(23)16-8-10-22(11-9-16)28(24,25)19-5-4-12-27-19/h4-7,12-13,16H,8-11,14H2,1-3H3. The highest BCUT2D eigenvalue weighted by Gasteiger charge is 2.33. The second kappa shape index (κ2) is 8.63. The van der Waals surface area contributed by atoms with Crippen molar-refractivity contribution in [3.8, 4) is 5.75 Å². The van der Waals surface area contributed by atoms with Crippen LogP contribution in [0.5, 0.6) is 5.75 Å². The minimum absolute atomic E-state index is 0.0525. The number of amides is 1. The lowest BCUT2D eigenvalue weighted by molar-refractivity contribution is -0.135. The number of carbonyl (C=O) groups is 1. The van der Waals surface area contributed by atoms with Gasteiger partial charge in [-0.05, 0) is 37.3 Å². The Bertz CT molecular complexity index is 918. The third-order valence-electron chi connectivity index (χ3n) is 5.11. The number of methoxy groups -OCH3 is 1. The molecule has 1 aliphatic heterocycles. The van der Waals surface area contributed by atoms with Crippen LogP contribution in [0.3, 0.4) is 0 Å². The van der Waals surface area contributed by atoms with Gasteiger partial charge in [0.25, 0.3) is 10.0 Å². The molecule has 2 heterocycles. The Labute approximate surface area is 170 Å². The summed E-state index contributed by atoms with van der Waals surface area (Å²) < 4.78 is 32.5. The van der Waals surface area contributed by atoms with Crippen molar-refractivity contribution in [2.24, 2.45) is 5.92 Å². The summed E-state index contributed by atoms with van der Waals surface area (Å²) in [4.78, 5) is 14.6. The number of nitrogens with zero attached hydrogens (tertiary/aromatic N) is 2. The SMILES string of the molecule is COc1ccc(C)cc1CN(C)C(=O)C1CCN(S(=O)(=O)c2cccs2)CC1. The number of piperidine rings is 1. The first-order chi connectivity index (χ1) is 13.3. The quantitative estimate of drug-likeness (QED) is 0.717.